The van der Waals surface area contributed by atoms with Crippen LogP contribution in [0.2, 0.25) is 0 Å². The van der Waals surface area contributed by atoms with Gasteiger partial charge in [-0.15, -0.1) is 0 Å². The average Bonchev–Trinajstić information content (AvgIpc) is 2.41. The van der Waals surface area contributed by atoms with Crippen molar-refractivity contribution in [3.8, 4) is 0 Å². The number of quaternary nitrogens is 1. The molecule has 0 aliphatic rings. The van der Waals surface area contributed by atoms with Gasteiger partial charge < -0.3 is 14.4 Å². The van der Waals surface area contributed by atoms with Crippen molar-refractivity contribution in [1.29, 1.82) is 0 Å². The molecule has 0 amide bonds. The highest BCUT2D eigenvalue weighted by atomic mass is 35.5. The van der Waals surface area contributed by atoms with Crippen LogP contribution in [0, 0.1) is 0 Å². The van der Waals surface area contributed by atoms with Crippen LogP contribution in [0.5, 0.6) is 0 Å². The highest BCUT2D eigenvalue weighted by Crippen LogP contribution is 2.10. The third-order valence-electron chi connectivity index (χ3n) is 3.33. The molecule has 0 aromatic heterocycles. The Kier molecular flexibility index (Phi) is 15.6. The van der Waals surface area contributed by atoms with E-state index in [1.165, 1.54) is 62.6 Å². The zero-order valence-electron chi connectivity index (χ0n) is 13.5. The molecule has 0 saturated heterocycles. The summed E-state index contributed by atoms with van der Waals surface area (Å²) in [6, 6.07) is 0. The quantitative estimate of drug-likeness (QED) is 0.456. The van der Waals surface area contributed by atoms with E-state index in [1.807, 2.05) is 0 Å². The van der Waals surface area contributed by atoms with Gasteiger partial charge in [0.15, 0.2) is 0 Å². The standard InChI is InChI=1S/C13H30N.C2H2Cl2O2/c1-5-8-11-14(4,12-9-6-2)13-10-7-3;3-1(4)2(5)6/h5-13H2,1-4H3;1H,(H,5,6)/q+1;/p-1. The number of carboxylic acid groups (broad SMARTS) is 1. The van der Waals surface area contributed by atoms with E-state index in [0.717, 1.165) is 0 Å². The molecule has 122 valence electrons. The van der Waals surface area contributed by atoms with Crippen molar-refractivity contribution in [2.24, 2.45) is 0 Å². The van der Waals surface area contributed by atoms with Gasteiger partial charge in [0.05, 0.1) is 32.7 Å². The van der Waals surface area contributed by atoms with Crippen molar-refractivity contribution < 1.29 is 14.4 Å². The van der Waals surface area contributed by atoms with Crippen LogP contribution in [0.3, 0.4) is 0 Å². The first-order chi connectivity index (χ1) is 9.32. The van der Waals surface area contributed by atoms with E-state index in [2.05, 4.69) is 27.8 Å². The number of carbonyl (C=O) groups excluding carboxylic acids is 1. The molecule has 0 bridgehead atoms. The third-order valence-corrected chi connectivity index (χ3v) is 3.69. The summed E-state index contributed by atoms with van der Waals surface area (Å²) in [6.45, 7) is 11.0. The predicted molar refractivity (Wildman–Crippen MR) is 86.0 cm³/mol. The number of carboxylic acids is 1. The second kappa shape index (κ2) is 14.0. The molecule has 0 saturated carbocycles. The Hall–Kier alpha value is 0.01000. The lowest BCUT2D eigenvalue weighted by atomic mass is 10.2. The van der Waals surface area contributed by atoms with Crippen molar-refractivity contribution in [1.82, 2.24) is 0 Å². The number of aliphatic carboxylic acids is 1. The minimum absolute atomic E-state index is 1.32. The summed E-state index contributed by atoms with van der Waals surface area (Å²) in [4.78, 5) is 7.93. The summed E-state index contributed by atoms with van der Waals surface area (Å²) in [5, 5.41) is 9.32. The number of nitrogens with zero attached hydrogens (tertiary/aromatic N) is 1. The first-order valence-corrected chi connectivity index (χ1v) is 8.52. The van der Waals surface area contributed by atoms with Crippen molar-refractivity contribution in [2.75, 3.05) is 26.7 Å². The van der Waals surface area contributed by atoms with Gasteiger partial charge in [-0.1, -0.05) is 63.2 Å². The summed E-state index contributed by atoms with van der Waals surface area (Å²) in [7, 11) is 2.45. The van der Waals surface area contributed by atoms with E-state index in [9.17, 15) is 9.90 Å². The Morgan fingerprint density at radius 2 is 1.20 bits per heavy atom. The SMILES string of the molecule is CCCC[N+](C)(CCCC)CCCC.O=C([O-])C(Cl)Cl. The van der Waals surface area contributed by atoms with Gasteiger partial charge in [0, 0.05) is 0 Å². The average molecular weight is 328 g/mol. The molecule has 0 aliphatic carbocycles. The zero-order chi connectivity index (χ0) is 16.0. The number of carbonyl (C=O) groups is 1. The van der Waals surface area contributed by atoms with Crippen molar-refractivity contribution in [3.63, 3.8) is 0 Å². The molecular weight excluding hydrogens is 297 g/mol. The van der Waals surface area contributed by atoms with Crippen LogP contribution in [0.25, 0.3) is 0 Å². The molecule has 20 heavy (non-hydrogen) atoms. The molecule has 0 aromatic rings. The highest BCUT2D eigenvalue weighted by Gasteiger charge is 2.18. The molecule has 0 fully saturated rings. The van der Waals surface area contributed by atoms with Crippen molar-refractivity contribution >= 4 is 29.2 Å². The van der Waals surface area contributed by atoms with Crippen LogP contribution in [-0.4, -0.2) is 42.0 Å². The second-order valence-corrected chi connectivity index (χ2v) is 6.57. The fraction of sp³-hybridized carbons (Fsp3) is 0.933. The summed E-state index contributed by atoms with van der Waals surface area (Å²) >= 11 is 9.43. The van der Waals surface area contributed by atoms with Crippen LogP contribution < -0.4 is 5.11 Å². The van der Waals surface area contributed by atoms with Gasteiger partial charge in [-0.05, 0) is 19.3 Å². The van der Waals surface area contributed by atoms with Crippen LogP contribution in [0.15, 0.2) is 0 Å². The van der Waals surface area contributed by atoms with Gasteiger partial charge in [-0.25, -0.2) is 0 Å². The van der Waals surface area contributed by atoms with Gasteiger partial charge >= 0.3 is 0 Å². The number of hydrogen-bond donors (Lipinski definition) is 0. The molecule has 0 unspecified atom stereocenters. The first-order valence-electron chi connectivity index (χ1n) is 7.65. The van der Waals surface area contributed by atoms with Gasteiger partial charge in [-0.2, -0.15) is 0 Å². The predicted octanol–water partition coefficient (Wildman–Crippen LogP) is 3.37. The minimum Gasteiger partial charge on any atom is -0.547 e. The Balaban J connectivity index is 0. The van der Waals surface area contributed by atoms with E-state index in [1.54, 1.807) is 0 Å². The van der Waals surface area contributed by atoms with E-state index in [4.69, 9.17) is 23.2 Å². The van der Waals surface area contributed by atoms with Crippen LogP contribution in [0.1, 0.15) is 59.3 Å². The summed E-state index contributed by atoms with van der Waals surface area (Å²) in [5.74, 6) is -1.46. The number of alkyl halides is 2. The normalized spacial score (nSPS) is 11.2. The maximum atomic E-state index is 9.32. The lowest BCUT2D eigenvalue weighted by Crippen LogP contribution is -2.46. The van der Waals surface area contributed by atoms with E-state index < -0.39 is 10.8 Å². The highest BCUT2D eigenvalue weighted by molar-refractivity contribution is 6.52. The molecule has 0 N–H and O–H groups in total. The minimum atomic E-state index is -1.46. The van der Waals surface area contributed by atoms with Gasteiger partial charge in [0.2, 0.25) is 0 Å². The topological polar surface area (TPSA) is 40.1 Å². The number of rotatable bonds is 10. The van der Waals surface area contributed by atoms with Gasteiger partial charge in [-0.3, -0.25) is 0 Å². The maximum absolute atomic E-state index is 9.32. The van der Waals surface area contributed by atoms with Crippen molar-refractivity contribution in [3.05, 3.63) is 0 Å². The van der Waals surface area contributed by atoms with Gasteiger partial charge in [0.25, 0.3) is 0 Å². The third kappa shape index (κ3) is 14.4. The van der Waals surface area contributed by atoms with E-state index in [-0.39, 0.29) is 0 Å². The Bertz CT molecular complexity index is 214. The first kappa shape index (κ1) is 22.3. The molecule has 0 aliphatic heterocycles. The van der Waals surface area contributed by atoms with E-state index in [0.29, 0.717) is 0 Å². The lowest BCUT2D eigenvalue weighted by molar-refractivity contribution is -0.910. The summed E-state index contributed by atoms with van der Waals surface area (Å²) in [6.07, 6.45) is 8.20. The smallest absolute Gasteiger partial charge is 0.146 e. The fourth-order valence-electron chi connectivity index (χ4n) is 1.95. The molecule has 0 atom stereocenters. The molecule has 5 heteroatoms. The summed E-state index contributed by atoms with van der Waals surface area (Å²) < 4.78 is 1.32. The Labute approximate surface area is 134 Å². The van der Waals surface area contributed by atoms with Crippen LogP contribution in [-0.2, 0) is 4.79 Å². The monoisotopic (exact) mass is 327 g/mol. The molecule has 0 radical (unpaired) electrons. The number of hydrogen-bond acceptors (Lipinski definition) is 2. The molecule has 0 aromatic carbocycles. The molecule has 0 heterocycles. The summed E-state index contributed by atoms with van der Waals surface area (Å²) in [5.41, 5.74) is 0. The second-order valence-electron chi connectivity index (χ2n) is 5.47. The van der Waals surface area contributed by atoms with Gasteiger partial charge in [0.1, 0.15) is 4.84 Å². The Morgan fingerprint density at radius 3 is 1.35 bits per heavy atom. The van der Waals surface area contributed by atoms with Crippen molar-refractivity contribution in [2.45, 2.75) is 64.1 Å². The molecule has 0 rings (SSSR count). The molecule has 0 spiro atoms. The zero-order valence-corrected chi connectivity index (χ0v) is 15.0. The maximum Gasteiger partial charge on any atom is 0.146 e. The number of unbranched alkanes of at least 4 members (excludes halogenated alkanes) is 3. The largest absolute Gasteiger partial charge is 0.547 e. The van der Waals surface area contributed by atoms with E-state index >= 15 is 0 Å². The molecular formula is C15H31Cl2NO2. The Morgan fingerprint density at radius 1 is 0.950 bits per heavy atom. The molecule has 3 nitrogen and oxygen atoms in total. The fourth-order valence-corrected chi connectivity index (χ4v) is 1.95. The van der Waals surface area contributed by atoms with Crippen LogP contribution in [0.4, 0.5) is 0 Å². The van der Waals surface area contributed by atoms with Crippen LogP contribution >= 0.6 is 23.2 Å². The lowest BCUT2D eigenvalue weighted by Gasteiger charge is -2.34. The number of halogens is 2.